The molecule has 3 aromatic carbocycles. The van der Waals surface area contributed by atoms with Gasteiger partial charge >= 0.3 is 0 Å². The summed E-state index contributed by atoms with van der Waals surface area (Å²) in [7, 11) is 0. The summed E-state index contributed by atoms with van der Waals surface area (Å²) in [6.45, 7) is 3.97. The molecule has 0 saturated carbocycles. The number of carbonyl (C=O) groups is 2. The van der Waals surface area contributed by atoms with Gasteiger partial charge in [-0.05, 0) is 37.6 Å². The molecular formula is C26H24N4O2S. The topological polar surface area (TPSA) is 84.0 Å². The second kappa shape index (κ2) is 10.2. The first-order chi connectivity index (χ1) is 16.0. The van der Waals surface area contributed by atoms with Gasteiger partial charge in [0.05, 0.1) is 0 Å². The van der Waals surface area contributed by atoms with Gasteiger partial charge in [-0.1, -0.05) is 83.1 Å². The fourth-order valence-corrected chi connectivity index (χ4v) is 4.11. The zero-order valence-electron chi connectivity index (χ0n) is 18.4. The van der Waals surface area contributed by atoms with Gasteiger partial charge < -0.3 is 5.32 Å². The molecule has 33 heavy (non-hydrogen) atoms. The molecule has 2 amide bonds. The van der Waals surface area contributed by atoms with Crippen LogP contribution in [0.4, 0.5) is 5.13 Å². The molecule has 166 valence electrons. The lowest BCUT2D eigenvalue weighted by Gasteiger charge is -2.18. The van der Waals surface area contributed by atoms with Crippen LogP contribution in [-0.4, -0.2) is 28.1 Å². The molecule has 6 nitrogen and oxygen atoms in total. The van der Waals surface area contributed by atoms with Gasteiger partial charge in [0.15, 0.2) is 0 Å². The van der Waals surface area contributed by atoms with Gasteiger partial charge in [-0.15, -0.1) is 10.2 Å². The highest BCUT2D eigenvalue weighted by molar-refractivity contribution is 7.18. The van der Waals surface area contributed by atoms with Crippen LogP contribution >= 0.6 is 11.3 Å². The van der Waals surface area contributed by atoms with E-state index in [0.717, 1.165) is 27.3 Å². The lowest BCUT2D eigenvalue weighted by molar-refractivity contribution is -0.118. The van der Waals surface area contributed by atoms with E-state index in [1.807, 2.05) is 80.6 Å². The Bertz CT molecular complexity index is 1250. The van der Waals surface area contributed by atoms with Crippen molar-refractivity contribution in [3.8, 4) is 10.6 Å². The quantitative estimate of drug-likeness (QED) is 0.418. The van der Waals surface area contributed by atoms with E-state index in [4.69, 9.17) is 0 Å². The molecule has 2 N–H and O–H groups in total. The minimum absolute atomic E-state index is 0.302. The standard InChI is InChI=1S/C26H24N4O2S/c1-17-11-13-20(14-12-17)23(31)27-22(16-19-8-4-3-5-9-19)24(32)28-26-30-29-25(33-26)21-10-6-7-18(2)15-21/h3-15,22H,16H2,1-2H3,(H,27,31)(H,28,30,32). The molecular weight excluding hydrogens is 432 g/mol. The molecule has 0 aliphatic rings. The lowest BCUT2D eigenvalue weighted by atomic mass is 10.0. The van der Waals surface area contributed by atoms with Gasteiger partial charge in [0.2, 0.25) is 11.0 Å². The number of aryl methyl sites for hydroxylation is 2. The normalized spacial score (nSPS) is 11.6. The second-order valence-electron chi connectivity index (χ2n) is 7.85. The maximum atomic E-state index is 13.2. The number of nitrogens with one attached hydrogen (secondary N) is 2. The molecule has 0 spiro atoms. The number of anilines is 1. The third kappa shape index (κ3) is 5.90. The van der Waals surface area contributed by atoms with Gasteiger partial charge in [0.1, 0.15) is 11.0 Å². The number of carbonyl (C=O) groups excluding carboxylic acids is 2. The zero-order chi connectivity index (χ0) is 23.2. The third-order valence-electron chi connectivity index (χ3n) is 5.14. The van der Waals surface area contributed by atoms with Crippen LogP contribution in [0.25, 0.3) is 10.6 Å². The Morgan fingerprint density at radius 3 is 2.36 bits per heavy atom. The van der Waals surface area contributed by atoms with Crippen molar-refractivity contribution in [2.24, 2.45) is 0 Å². The van der Waals surface area contributed by atoms with Gasteiger partial charge in [-0.25, -0.2) is 0 Å². The molecule has 1 unspecified atom stereocenters. The Morgan fingerprint density at radius 2 is 1.64 bits per heavy atom. The van der Waals surface area contributed by atoms with E-state index < -0.39 is 6.04 Å². The van der Waals surface area contributed by atoms with Crippen LogP contribution in [0.5, 0.6) is 0 Å². The van der Waals surface area contributed by atoms with Crippen LogP contribution in [-0.2, 0) is 11.2 Å². The molecule has 0 fully saturated rings. The van der Waals surface area contributed by atoms with Crippen LogP contribution in [0.3, 0.4) is 0 Å². The Morgan fingerprint density at radius 1 is 0.879 bits per heavy atom. The number of hydrogen-bond donors (Lipinski definition) is 2. The van der Waals surface area contributed by atoms with Crippen LogP contribution in [0.2, 0.25) is 0 Å². The summed E-state index contributed by atoms with van der Waals surface area (Å²) in [5, 5.41) is 15.1. The summed E-state index contributed by atoms with van der Waals surface area (Å²) in [5.41, 5.74) is 4.58. The van der Waals surface area contributed by atoms with Gasteiger partial charge in [-0.3, -0.25) is 14.9 Å². The Balaban J connectivity index is 1.51. The summed E-state index contributed by atoms with van der Waals surface area (Å²) in [6, 6.07) is 24.0. The molecule has 0 radical (unpaired) electrons. The highest BCUT2D eigenvalue weighted by Crippen LogP contribution is 2.27. The number of nitrogens with zero attached hydrogens (tertiary/aromatic N) is 2. The van der Waals surface area contributed by atoms with E-state index >= 15 is 0 Å². The molecule has 1 heterocycles. The van der Waals surface area contributed by atoms with Crippen LogP contribution < -0.4 is 10.6 Å². The smallest absolute Gasteiger partial charge is 0.251 e. The highest BCUT2D eigenvalue weighted by Gasteiger charge is 2.23. The highest BCUT2D eigenvalue weighted by atomic mass is 32.1. The number of benzene rings is 3. The Labute approximate surface area is 196 Å². The average Bonchev–Trinajstić information content (AvgIpc) is 3.28. The third-order valence-corrected chi connectivity index (χ3v) is 6.03. The fraction of sp³-hybridized carbons (Fsp3) is 0.154. The Kier molecular flexibility index (Phi) is 6.90. The second-order valence-corrected chi connectivity index (χ2v) is 8.83. The molecule has 0 aliphatic heterocycles. The Hall–Kier alpha value is -3.84. The van der Waals surface area contributed by atoms with Gasteiger partial charge in [-0.2, -0.15) is 0 Å². The van der Waals surface area contributed by atoms with Crippen molar-refractivity contribution in [1.82, 2.24) is 15.5 Å². The number of aromatic nitrogens is 2. The predicted octanol–water partition coefficient (Wildman–Crippen LogP) is 4.80. The maximum absolute atomic E-state index is 13.2. The SMILES string of the molecule is Cc1ccc(C(=O)NC(Cc2ccccc2)C(=O)Nc2nnc(-c3cccc(C)c3)s2)cc1. The number of amides is 2. The van der Waals surface area contributed by atoms with Crippen LogP contribution in [0, 0.1) is 13.8 Å². The van der Waals surface area contributed by atoms with E-state index in [-0.39, 0.29) is 11.8 Å². The van der Waals surface area contributed by atoms with Crippen molar-refractivity contribution in [3.63, 3.8) is 0 Å². The molecule has 7 heteroatoms. The van der Waals surface area contributed by atoms with E-state index in [0.29, 0.717) is 17.1 Å². The average molecular weight is 457 g/mol. The molecule has 4 rings (SSSR count). The molecule has 1 atom stereocenters. The monoisotopic (exact) mass is 456 g/mol. The van der Waals surface area contributed by atoms with Crippen molar-refractivity contribution in [2.45, 2.75) is 26.3 Å². The predicted molar refractivity (Wildman–Crippen MR) is 131 cm³/mol. The molecule has 0 aliphatic carbocycles. The minimum atomic E-state index is -0.771. The minimum Gasteiger partial charge on any atom is -0.340 e. The van der Waals surface area contributed by atoms with Gasteiger partial charge in [0.25, 0.3) is 5.91 Å². The summed E-state index contributed by atoms with van der Waals surface area (Å²) in [5.74, 6) is -0.643. The van der Waals surface area contributed by atoms with Crippen molar-refractivity contribution >= 4 is 28.3 Å². The summed E-state index contributed by atoms with van der Waals surface area (Å²) in [6.07, 6.45) is 0.355. The van der Waals surface area contributed by atoms with Crippen LogP contribution in [0.1, 0.15) is 27.0 Å². The molecule has 0 bridgehead atoms. The van der Waals surface area contributed by atoms with Crippen molar-refractivity contribution in [2.75, 3.05) is 5.32 Å². The molecule has 0 saturated heterocycles. The van der Waals surface area contributed by atoms with E-state index in [9.17, 15) is 9.59 Å². The molecule has 4 aromatic rings. The number of hydrogen-bond acceptors (Lipinski definition) is 5. The first kappa shape index (κ1) is 22.4. The lowest BCUT2D eigenvalue weighted by Crippen LogP contribution is -2.45. The zero-order valence-corrected chi connectivity index (χ0v) is 19.2. The summed E-state index contributed by atoms with van der Waals surface area (Å²) >= 11 is 1.30. The fourth-order valence-electron chi connectivity index (χ4n) is 3.37. The van der Waals surface area contributed by atoms with E-state index in [2.05, 4.69) is 20.8 Å². The van der Waals surface area contributed by atoms with Crippen molar-refractivity contribution in [1.29, 1.82) is 0 Å². The molecule has 1 aromatic heterocycles. The maximum Gasteiger partial charge on any atom is 0.251 e. The van der Waals surface area contributed by atoms with Gasteiger partial charge in [0, 0.05) is 17.5 Å². The number of rotatable bonds is 7. The summed E-state index contributed by atoms with van der Waals surface area (Å²) < 4.78 is 0. The van der Waals surface area contributed by atoms with Crippen molar-refractivity contribution < 1.29 is 9.59 Å². The van der Waals surface area contributed by atoms with Crippen LogP contribution in [0.15, 0.2) is 78.9 Å². The first-order valence-corrected chi connectivity index (χ1v) is 11.4. The van der Waals surface area contributed by atoms with Crippen molar-refractivity contribution in [3.05, 3.63) is 101 Å². The van der Waals surface area contributed by atoms with E-state index in [1.54, 1.807) is 12.1 Å². The summed E-state index contributed by atoms with van der Waals surface area (Å²) in [4.78, 5) is 26.0. The largest absolute Gasteiger partial charge is 0.340 e. The first-order valence-electron chi connectivity index (χ1n) is 10.6. The van der Waals surface area contributed by atoms with E-state index in [1.165, 1.54) is 11.3 Å².